The number of alkyl halides is 1. The van der Waals surface area contributed by atoms with Gasteiger partial charge in [0.2, 0.25) is 0 Å². The van der Waals surface area contributed by atoms with Crippen molar-refractivity contribution in [2.45, 2.75) is 12.3 Å². The molecule has 4 heteroatoms. The number of rotatable bonds is 2. The fourth-order valence-corrected chi connectivity index (χ4v) is 4.55. The third kappa shape index (κ3) is 1.91. The molecular weight excluding hydrogens is 300 g/mol. The molecule has 14 heavy (non-hydrogen) atoms. The lowest BCUT2D eigenvalue weighted by Crippen LogP contribution is -1.89. The van der Waals surface area contributed by atoms with Gasteiger partial charge >= 0.3 is 0 Å². The van der Waals surface area contributed by atoms with Gasteiger partial charge in [-0.25, -0.2) is 0 Å². The van der Waals surface area contributed by atoms with Crippen molar-refractivity contribution in [2.24, 2.45) is 0 Å². The van der Waals surface area contributed by atoms with Gasteiger partial charge in [-0.2, -0.15) is 0 Å². The Hall–Kier alpha value is 0.170. The second kappa shape index (κ2) is 4.35. The fourth-order valence-electron chi connectivity index (χ4n) is 1.25. The van der Waals surface area contributed by atoms with Gasteiger partial charge in [-0.15, -0.1) is 34.3 Å². The maximum Gasteiger partial charge on any atom is 0.103 e. The number of hydrogen-bond acceptors (Lipinski definition) is 2. The number of aryl methyl sites for hydroxylation is 1. The molecule has 0 fully saturated rings. The predicted molar refractivity (Wildman–Crippen MR) is 68.8 cm³/mol. The summed E-state index contributed by atoms with van der Waals surface area (Å²) in [6.45, 7) is 2.10. The van der Waals surface area contributed by atoms with E-state index in [1.54, 1.807) is 22.7 Å². The Morgan fingerprint density at radius 1 is 1.21 bits per heavy atom. The van der Waals surface area contributed by atoms with Gasteiger partial charge in [0.1, 0.15) is 5.38 Å². The maximum absolute atomic E-state index is 6.42. The van der Waals surface area contributed by atoms with E-state index in [2.05, 4.69) is 39.7 Å². The summed E-state index contributed by atoms with van der Waals surface area (Å²) in [5.41, 5.74) is 1.27. The Balaban J connectivity index is 2.38. The molecule has 0 amide bonds. The maximum atomic E-state index is 6.42. The fraction of sp³-hybridized carbons (Fsp3) is 0.200. The van der Waals surface area contributed by atoms with Crippen LogP contribution in [-0.2, 0) is 0 Å². The van der Waals surface area contributed by atoms with Crippen molar-refractivity contribution in [1.82, 2.24) is 0 Å². The van der Waals surface area contributed by atoms with Crippen LogP contribution in [0.15, 0.2) is 27.4 Å². The summed E-state index contributed by atoms with van der Waals surface area (Å²) < 4.78 is 1.11. The molecule has 2 aromatic rings. The van der Waals surface area contributed by atoms with Gasteiger partial charge in [-0.1, -0.05) is 0 Å². The zero-order valence-electron chi connectivity index (χ0n) is 7.46. The highest BCUT2D eigenvalue weighted by Crippen LogP contribution is 2.40. The number of halogens is 2. The van der Waals surface area contributed by atoms with E-state index in [0.717, 1.165) is 4.47 Å². The molecule has 0 aliphatic heterocycles. The van der Waals surface area contributed by atoms with Crippen LogP contribution in [0.2, 0.25) is 0 Å². The Morgan fingerprint density at radius 2 is 1.86 bits per heavy atom. The molecule has 1 atom stereocenters. The standard InChI is InChI=1S/C10H8BrClS2/c1-6-2-4-13-9(6)8(12)10-7(11)3-5-14-10/h2-5,8H,1H3. The molecule has 0 N–H and O–H groups in total. The Kier molecular flexibility index (Phi) is 3.32. The smallest absolute Gasteiger partial charge is 0.103 e. The summed E-state index contributed by atoms with van der Waals surface area (Å²) in [6, 6.07) is 4.15. The largest absolute Gasteiger partial charge is 0.147 e. The van der Waals surface area contributed by atoms with Gasteiger partial charge in [0.25, 0.3) is 0 Å². The first-order chi connectivity index (χ1) is 6.70. The molecule has 0 aliphatic rings. The summed E-state index contributed by atoms with van der Waals surface area (Å²) >= 11 is 13.3. The first kappa shape index (κ1) is 10.7. The van der Waals surface area contributed by atoms with Crippen molar-refractivity contribution in [1.29, 1.82) is 0 Å². The summed E-state index contributed by atoms with van der Waals surface area (Å²) in [6.07, 6.45) is 0. The Labute approximate surface area is 105 Å². The molecular formula is C10H8BrClS2. The van der Waals surface area contributed by atoms with Gasteiger partial charge in [-0.05, 0) is 51.3 Å². The summed E-state index contributed by atoms with van der Waals surface area (Å²) in [4.78, 5) is 2.44. The third-order valence-electron chi connectivity index (χ3n) is 2.01. The molecule has 0 aliphatic carbocycles. The van der Waals surface area contributed by atoms with Gasteiger partial charge in [0.05, 0.1) is 0 Å². The van der Waals surface area contributed by atoms with Crippen LogP contribution < -0.4 is 0 Å². The van der Waals surface area contributed by atoms with Crippen LogP contribution in [0.1, 0.15) is 20.7 Å². The van der Waals surface area contributed by atoms with Gasteiger partial charge < -0.3 is 0 Å². The van der Waals surface area contributed by atoms with E-state index < -0.39 is 0 Å². The molecule has 0 nitrogen and oxygen atoms in total. The molecule has 0 saturated heterocycles. The summed E-state index contributed by atoms with van der Waals surface area (Å²) in [5, 5.41) is 4.13. The normalized spacial score (nSPS) is 13.1. The molecule has 0 bridgehead atoms. The average molecular weight is 308 g/mol. The van der Waals surface area contributed by atoms with E-state index in [0.29, 0.717) is 0 Å². The highest BCUT2D eigenvalue weighted by Gasteiger charge is 2.18. The third-order valence-corrected chi connectivity index (χ3v) is 5.72. The minimum absolute atomic E-state index is 0.00984. The molecule has 0 spiro atoms. The van der Waals surface area contributed by atoms with Crippen molar-refractivity contribution in [3.05, 3.63) is 42.7 Å². The van der Waals surface area contributed by atoms with Crippen molar-refractivity contribution < 1.29 is 0 Å². The lowest BCUT2D eigenvalue weighted by Gasteiger charge is -2.07. The van der Waals surface area contributed by atoms with Crippen molar-refractivity contribution >= 4 is 50.2 Å². The number of hydrogen-bond donors (Lipinski definition) is 0. The molecule has 0 radical (unpaired) electrons. The second-order valence-corrected chi connectivity index (χ2v) is 6.15. The summed E-state index contributed by atoms with van der Waals surface area (Å²) in [7, 11) is 0. The van der Waals surface area contributed by atoms with Crippen LogP contribution in [0, 0.1) is 6.92 Å². The van der Waals surface area contributed by atoms with Crippen molar-refractivity contribution in [3.63, 3.8) is 0 Å². The lowest BCUT2D eigenvalue weighted by atomic mass is 10.2. The van der Waals surface area contributed by atoms with E-state index in [1.165, 1.54) is 15.3 Å². The minimum Gasteiger partial charge on any atom is -0.147 e. The molecule has 2 aromatic heterocycles. The van der Waals surface area contributed by atoms with E-state index >= 15 is 0 Å². The van der Waals surface area contributed by atoms with Crippen LogP contribution in [0.4, 0.5) is 0 Å². The minimum atomic E-state index is -0.00984. The summed E-state index contributed by atoms with van der Waals surface area (Å²) in [5.74, 6) is 0. The lowest BCUT2D eigenvalue weighted by molar-refractivity contribution is 1.19. The Bertz CT molecular complexity index is 393. The van der Waals surface area contributed by atoms with Crippen LogP contribution in [0.5, 0.6) is 0 Å². The van der Waals surface area contributed by atoms with Gasteiger partial charge in [0, 0.05) is 14.2 Å². The van der Waals surface area contributed by atoms with Crippen molar-refractivity contribution in [3.8, 4) is 0 Å². The van der Waals surface area contributed by atoms with E-state index in [9.17, 15) is 0 Å². The van der Waals surface area contributed by atoms with E-state index in [4.69, 9.17) is 11.6 Å². The van der Waals surface area contributed by atoms with Crippen molar-refractivity contribution in [2.75, 3.05) is 0 Å². The average Bonchev–Trinajstić information content (AvgIpc) is 2.73. The van der Waals surface area contributed by atoms with Crippen LogP contribution >= 0.6 is 50.2 Å². The molecule has 2 heterocycles. The highest BCUT2D eigenvalue weighted by atomic mass is 79.9. The molecule has 0 aromatic carbocycles. The zero-order chi connectivity index (χ0) is 10.1. The van der Waals surface area contributed by atoms with Gasteiger partial charge in [0.15, 0.2) is 0 Å². The first-order valence-corrected chi connectivity index (χ1v) is 7.10. The van der Waals surface area contributed by atoms with E-state index in [1.807, 2.05) is 6.07 Å². The highest BCUT2D eigenvalue weighted by molar-refractivity contribution is 9.10. The quantitative estimate of drug-likeness (QED) is 0.668. The molecule has 0 saturated carbocycles. The second-order valence-electron chi connectivity index (χ2n) is 2.96. The van der Waals surface area contributed by atoms with E-state index in [-0.39, 0.29) is 5.38 Å². The molecule has 2 rings (SSSR count). The molecule has 1 unspecified atom stereocenters. The Morgan fingerprint density at radius 3 is 2.36 bits per heavy atom. The zero-order valence-corrected chi connectivity index (χ0v) is 11.4. The molecule has 74 valence electrons. The van der Waals surface area contributed by atoms with Crippen LogP contribution in [0.25, 0.3) is 0 Å². The predicted octanol–water partition coefficient (Wildman–Crippen LogP) is 5.21. The van der Waals surface area contributed by atoms with Gasteiger partial charge in [-0.3, -0.25) is 0 Å². The first-order valence-electron chi connectivity index (χ1n) is 4.11. The SMILES string of the molecule is Cc1ccsc1C(Cl)c1sccc1Br. The van der Waals surface area contributed by atoms with Crippen LogP contribution in [-0.4, -0.2) is 0 Å². The monoisotopic (exact) mass is 306 g/mol. The number of thiophene rings is 2. The topological polar surface area (TPSA) is 0 Å². The van der Waals surface area contributed by atoms with Crippen LogP contribution in [0.3, 0.4) is 0 Å².